The van der Waals surface area contributed by atoms with Gasteiger partial charge in [-0.2, -0.15) is 0 Å². The average Bonchev–Trinajstić information content (AvgIpc) is 2.66. The molecule has 5 heteroatoms. The molecule has 0 unspecified atom stereocenters. The number of amides is 2. The van der Waals surface area contributed by atoms with Crippen molar-refractivity contribution in [3.8, 4) is 5.75 Å². The van der Waals surface area contributed by atoms with Crippen molar-refractivity contribution in [2.75, 3.05) is 17.4 Å². The topological polar surface area (TPSA) is 67.6 Å². The Hall–Kier alpha value is -3.47. The molecule has 138 valence electrons. The van der Waals surface area contributed by atoms with Crippen molar-refractivity contribution in [2.45, 2.75) is 13.8 Å². The summed E-state index contributed by atoms with van der Waals surface area (Å²) < 4.78 is 5.72. The van der Waals surface area contributed by atoms with Gasteiger partial charge in [0, 0.05) is 5.69 Å². The number of nitrogens with two attached hydrogens (primary N) is 1. The number of para-hydroxylation sites is 1. The van der Waals surface area contributed by atoms with Gasteiger partial charge in [-0.1, -0.05) is 35.9 Å². The Morgan fingerprint density at radius 3 is 2.30 bits per heavy atom. The van der Waals surface area contributed by atoms with Gasteiger partial charge in [0.15, 0.2) is 6.73 Å². The van der Waals surface area contributed by atoms with Gasteiger partial charge in [0.2, 0.25) is 0 Å². The van der Waals surface area contributed by atoms with Crippen molar-refractivity contribution in [1.29, 1.82) is 0 Å². The molecule has 27 heavy (non-hydrogen) atoms. The summed E-state index contributed by atoms with van der Waals surface area (Å²) in [5.74, 6) is 0.750. The van der Waals surface area contributed by atoms with Crippen LogP contribution in [0.15, 0.2) is 72.8 Å². The van der Waals surface area contributed by atoms with E-state index in [2.05, 4.69) is 5.32 Å². The highest BCUT2D eigenvalue weighted by Crippen LogP contribution is 2.26. The van der Waals surface area contributed by atoms with Gasteiger partial charge in [-0.25, -0.2) is 4.79 Å². The summed E-state index contributed by atoms with van der Waals surface area (Å²) in [6, 6.07) is 22.2. The van der Waals surface area contributed by atoms with E-state index >= 15 is 0 Å². The minimum atomic E-state index is -0.282. The van der Waals surface area contributed by atoms with Crippen LogP contribution >= 0.6 is 0 Å². The van der Waals surface area contributed by atoms with Crippen LogP contribution in [0.3, 0.4) is 0 Å². The molecule has 3 aromatic rings. The molecule has 0 atom stereocenters. The van der Waals surface area contributed by atoms with Crippen molar-refractivity contribution in [2.24, 2.45) is 0 Å². The number of aryl methyl sites for hydroxylation is 2. The first-order chi connectivity index (χ1) is 13.0. The van der Waals surface area contributed by atoms with Gasteiger partial charge in [0.05, 0.1) is 11.4 Å². The van der Waals surface area contributed by atoms with E-state index in [1.165, 1.54) is 5.56 Å². The molecule has 0 saturated heterocycles. The highest BCUT2D eigenvalue weighted by atomic mass is 16.5. The SMILES string of the molecule is Cc1ccc(OCNC(=O)N(c2ccccc2)c2ccc(N)cc2)c(C)c1. The summed E-state index contributed by atoms with van der Waals surface area (Å²) in [6.45, 7) is 4.08. The van der Waals surface area contributed by atoms with Crippen LogP contribution < -0.4 is 20.7 Å². The lowest BCUT2D eigenvalue weighted by Crippen LogP contribution is -2.38. The van der Waals surface area contributed by atoms with Gasteiger partial charge in [-0.15, -0.1) is 0 Å². The molecule has 0 fully saturated rings. The van der Waals surface area contributed by atoms with Crippen molar-refractivity contribution in [3.05, 3.63) is 83.9 Å². The maximum Gasteiger partial charge on any atom is 0.329 e. The highest BCUT2D eigenvalue weighted by molar-refractivity contribution is 5.99. The van der Waals surface area contributed by atoms with Gasteiger partial charge >= 0.3 is 6.03 Å². The summed E-state index contributed by atoms with van der Waals surface area (Å²) in [6.07, 6.45) is 0. The van der Waals surface area contributed by atoms with Gasteiger partial charge in [0.1, 0.15) is 5.75 Å². The molecule has 0 heterocycles. The van der Waals surface area contributed by atoms with Crippen molar-refractivity contribution >= 4 is 23.1 Å². The van der Waals surface area contributed by atoms with E-state index in [1.54, 1.807) is 17.0 Å². The number of hydrogen-bond acceptors (Lipinski definition) is 3. The van der Waals surface area contributed by atoms with Gasteiger partial charge in [0.25, 0.3) is 0 Å². The molecule has 0 bridgehead atoms. The predicted molar refractivity (Wildman–Crippen MR) is 109 cm³/mol. The van der Waals surface area contributed by atoms with E-state index in [0.29, 0.717) is 5.69 Å². The number of hydrogen-bond donors (Lipinski definition) is 2. The van der Waals surface area contributed by atoms with Crippen molar-refractivity contribution in [1.82, 2.24) is 5.32 Å². The fourth-order valence-electron chi connectivity index (χ4n) is 2.80. The molecule has 0 aliphatic rings. The summed E-state index contributed by atoms with van der Waals surface area (Å²) in [4.78, 5) is 14.4. The van der Waals surface area contributed by atoms with E-state index in [0.717, 1.165) is 22.7 Å². The van der Waals surface area contributed by atoms with E-state index in [-0.39, 0.29) is 12.8 Å². The van der Waals surface area contributed by atoms with Crippen LogP contribution in [0.25, 0.3) is 0 Å². The molecule has 3 N–H and O–H groups in total. The Labute approximate surface area is 159 Å². The van der Waals surface area contributed by atoms with Crippen molar-refractivity contribution in [3.63, 3.8) is 0 Å². The number of anilines is 3. The van der Waals surface area contributed by atoms with Crippen LogP contribution in [0.4, 0.5) is 21.9 Å². The molecule has 0 aliphatic carbocycles. The van der Waals surface area contributed by atoms with E-state index in [9.17, 15) is 4.79 Å². The zero-order chi connectivity index (χ0) is 19.2. The van der Waals surface area contributed by atoms with Crippen LogP contribution in [0.2, 0.25) is 0 Å². The normalized spacial score (nSPS) is 10.3. The maximum atomic E-state index is 12.9. The second-order valence-corrected chi connectivity index (χ2v) is 6.30. The van der Waals surface area contributed by atoms with Crippen LogP contribution in [-0.4, -0.2) is 12.8 Å². The Balaban J connectivity index is 1.74. The molecule has 3 aromatic carbocycles. The first kappa shape index (κ1) is 18.3. The number of carbonyl (C=O) groups excluding carboxylic acids is 1. The van der Waals surface area contributed by atoms with Crippen LogP contribution in [0.5, 0.6) is 5.75 Å². The van der Waals surface area contributed by atoms with Crippen LogP contribution in [-0.2, 0) is 0 Å². The van der Waals surface area contributed by atoms with Crippen molar-refractivity contribution < 1.29 is 9.53 Å². The molecule has 0 aliphatic heterocycles. The number of nitrogens with zero attached hydrogens (tertiary/aromatic N) is 1. The third kappa shape index (κ3) is 4.58. The molecule has 0 saturated carbocycles. The standard InChI is InChI=1S/C22H23N3O2/c1-16-8-13-21(17(2)14-16)27-15-24-22(26)25(19-6-4-3-5-7-19)20-11-9-18(23)10-12-20/h3-14H,15,23H2,1-2H3,(H,24,26). The molecule has 0 aromatic heterocycles. The lowest BCUT2D eigenvalue weighted by Gasteiger charge is -2.23. The monoisotopic (exact) mass is 361 g/mol. The molecule has 0 radical (unpaired) electrons. The number of ether oxygens (including phenoxy) is 1. The Morgan fingerprint density at radius 1 is 0.963 bits per heavy atom. The first-order valence-electron chi connectivity index (χ1n) is 8.73. The highest BCUT2D eigenvalue weighted by Gasteiger charge is 2.17. The molecule has 3 rings (SSSR count). The van der Waals surface area contributed by atoms with E-state index in [1.807, 2.05) is 74.5 Å². The van der Waals surface area contributed by atoms with Gasteiger partial charge < -0.3 is 15.8 Å². The quantitative estimate of drug-likeness (QED) is 0.508. The number of urea groups is 1. The average molecular weight is 361 g/mol. The van der Waals surface area contributed by atoms with E-state index < -0.39 is 0 Å². The molecule has 5 nitrogen and oxygen atoms in total. The third-order valence-electron chi connectivity index (χ3n) is 4.15. The summed E-state index contributed by atoms with van der Waals surface area (Å²) in [5, 5.41) is 2.82. The van der Waals surface area contributed by atoms with Gasteiger partial charge in [-0.3, -0.25) is 4.90 Å². The van der Waals surface area contributed by atoms with E-state index in [4.69, 9.17) is 10.5 Å². The minimum Gasteiger partial charge on any atom is -0.473 e. The number of rotatable bonds is 5. The molecular weight excluding hydrogens is 338 g/mol. The zero-order valence-electron chi connectivity index (χ0n) is 15.5. The largest absolute Gasteiger partial charge is 0.473 e. The fourth-order valence-corrected chi connectivity index (χ4v) is 2.80. The second kappa shape index (κ2) is 8.27. The molecule has 2 amide bonds. The number of nitrogen functional groups attached to an aromatic ring is 1. The molecule has 0 spiro atoms. The fraction of sp³-hybridized carbons (Fsp3) is 0.136. The predicted octanol–water partition coefficient (Wildman–Crippen LogP) is 4.77. The zero-order valence-corrected chi connectivity index (χ0v) is 15.5. The van der Waals surface area contributed by atoms with Crippen LogP contribution in [0.1, 0.15) is 11.1 Å². The smallest absolute Gasteiger partial charge is 0.329 e. The lowest BCUT2D eigenvalue weighted by molar-refractivity contribution is 0.231. The number of benzene rings is 3. The summed E-state index contributed by atoms with van der Waals surface area (Å²) >= 11 is 0. The maximum absolute atomic E-state index is 12.9. The Morgan fingerprint density at radius 2 is 1.63 bits per heavy atom. The minimum absolute atomic E-state index is 0.0705. The first-order valence-corrected chi connectivity index (χ1v) is 8.73. The van der Waals surface area contributed by atoms with Crippen LogP contribution in [0, 0.1) is 13.8 Å². The lowest BCUT2D eigenvalue weighted by atomic mass is 10.1. The Kier molecular flexibility index (Phi) is 5.61. The van der Waals surface area contributed by atoms with Gasteiger partial charge in [-0.05, 0) is 61.9 Å². The summed E-state index contributed by atoms with van der Waals surface area (Å²) in [7, 11) is 0. The third-order valence-corrected chi connectivity index (χ3v) is 4.15. The number of carbonyl (C=O) groups is 1. The molecular formula is C22H23N3O2. The Bertz CT molecular complexity index is 909. The second-order valence-electron chi connectivity index (χ2n) is 6.30. The number of nitrogens with one attached hydrogen (secondary N) is 1. The summed E-state index contributed by atoms with van der Waals surface area (Å²) in [5.41, 5.74) is 10.1.